The van der Waals surface area contributed by atoms with Gasteiger partial charge in [-0.1, -0.05) is 145 Å². The van der Waals surface area contributed by atoms with E-state index in [-0.39, 0.29) is 41.4 Å². The molecule has 0 saturated carbocycles. The van der Waals surface area contributed by atoms with Crippen LogP contribution < -0.4 is 10.4 Å². The minimum atomic E-state index is -4.11. The summed E-state index contributed by atoms with van der Waals surface area (Å²) in [6.45, 7) is 22.9. The van der Waals surface area contributed by atoms with E-state index in [9.17, 15) is 8.42 Å². The molecule has 15 heteroatoms. The van der Waals surface area contributed by atoms with Crippen molar-refractivity contribution in [2.24, 2.45) is 0 Å². The molecule has 0 aliphatic carbocycles. The minimum absolute atomic E-state index is 0.0461. The van der Waals surface area contributed by atoms with Crippen molar-refractivity contribution in [3.63, 3.8) is 0 Å². The largest absolute Gasteiger partial charge is 0.411 e. The van der Waals surface area contributed by atoms with Gasteiger partial charge in [-0.15, -0.1) is 11.6 Å². The van der Waals surface area contributed by atoms with Crippen LogP contribution in [0.4, 0.5) is 0 Å². The zero-order valence-corrected chi connectivity index (χ0v) is 44.1. The second kappa shape index (κ2) is 21.0. The van der Waals surface area contributed by atoms with Crippen LogP contribution in [0.25, 0.3) is 0 Å². The van der Waals surface area contributed by atoms with E-state index < -0.39 is 80.5 Å². The van der Waals surface area contributed by atoms with Crippen LogP contribution in [0.3, 0.4) is 0 Å². The van der Waals surface area contributed by atoms with Crippen molar-refractivity contribution in [1.29, 1.82) is 0 Å². The predicted octanol–water partition coefficient (Wildman–Crippen LogP) is 9.02. The van der Waals surface area contributed by atoms with E-state index in [0.29, 0.717) is 32.5 Å². The van der Waals surface area contributed by atoms with E-state index in [2.05, 4.69) is 115 Å². The lowest BCUT2D eigenvalue weighted by Crippen LogP contribution is -2.67. The molecular weight excluding hydrogens is 912 g/mol. The molecule has 66 heavy (non-hydrogen) atoms. The summed E-state index contributed by atoms with van der Waals surface area (Å²) in [6, 6.07) is 31.4. The quantitative estimate of drug-likeness (QED) is 0.0559. The molecule has 0 aromatic heterocycles. The van der Waals surface area contributed by atoms with Gasteiger partial charge in [-0.05, 0) is 65.8 Å². The number of ether oxygens (including phenoxy) is 6. The molecular formula is C51H73ClO11SSi2. The summed E-state index contributed by atoms with van der Waals surface area (Å²) in [7, 11) is -9.29. The third-order valence-electron chi connectivity index (χ3n) is 14.0. The number of halogens is 1. The van der Waals surface area contributed by atoms with Gasteiger partial charge in [0.05, 0.1) is 43.7 Å². The summed E-state index contributed by atoms with van der Waals surface area (Å²) in [6.07, 6.45) is 0.212. The highest BCUT2D eigenvalue weighted by atomic mass is 35.5. The van der Waals surface area contributed by atoms with Gasteiger partial charge in [0.1, 0.15) is 35.7 Å². The lowest BCUT2D eigenvalue weighted by molar-refractivity contribution is -0.301. The molecule has 3 aromatic rings. The van der Waals surface area contributed by atoms with Crippen molar-refractivity contribution in [2.75, 3.05) is 18.4 Å². The molecule has 7 rings (SSSR count). The standard InChI is InChI=1S/C51H73ClO11SSi2/c1-49(2,3)65(9,10)63-44-32-45-47(60-41(44)29-30-57-66(50(4,5)6,38-23-16-12-17-24-38)39-25-18-13-19-26-39)48(55-33-36-21-14-11-15-22-36)46-42(58-45)28-20-27-40(59-46)43(62-64(53,54)35-52)31-37-34-56-51(7,8)61-37/h11-27,37,40-48H,28-35H2,1-10H3/t37-,40+,41+,42-,43+,44-,45+,46-,47+,48+/m0/s1. The molecule has 0 bridgehead atoms. The summed E-state index contributed by atoms with van der Waals surface area (Å²) in [5.74, 6) is -0.819. The first-order valence-corrected chi connectivity index (χ1v) is 30.5. The molecule has 10 atom stereocenters. The van der Waals surface area contributed by atoms with Crippen LogP contribution in [0.1, 0.15) is 86.6 Å². The predicted molar refractivity (Wildman–Crippen MR) is 264 cm³/mol. The van der Waals surface area contributed by atoms with Crippen molar-refractivity contribution in [3.8, 4) is 0 Å². The number of fused-ring (bicyclic) bond motifs is 2. The van der Waals surface area contributed by atoms with Gasteiger partial charge in [-0.2, -0.15) is 8.42 Å². The van der Waals surface area contributed by atoms with Gasteiger partial charge in [0.2, 0.25) is 0 Å². The van der Waals surface area contributed by atoms with Crippen molar-refractivity contribution < 1.29 is 49.9 Å². The molecule has 3 saturated heterocycles. The number of rotatable bonds is 17. The molecule has 4 aliphatic rings. The van der Waals surface area contributed by atoms with Crippen LogP contribution in [-0.2, 0) is 58.2 Å². The fourth-order valence-corrected chi connectivity index (χ4v) is 16.4. The first kappa shape index (κ1) is 51.6. The van der Waals surface area contributed by atoms with Crippen LogP contribution >= 0.6 is 11.6 Å². The molecule has 0 amide bonds. The highest BCUT2D eigenvalue weighted by molar-refractivity contribution is 7.87. The zero-order chi connectivity index (χ0) is 47.5. The molecule has 0 spiro atoms. The van der Waals surface area contributed by atoms with E-state index in [1.807, 2.05) is 56.3 Å². The van der Waals surface area contributed by atoms with Gasteiger partial charge < -0.3 is 37.3 Å². The van der Waals surface area contributed by atoms with Gasteiger partial charge in [0.15, 0.2) is 14.1 Å². The van der Waals surface area contributed by atoms with Crippen LogP contribution in [0, 0.1) is 0 Å². The average Bonchev–Trinajstić information content (AvgIpc) is 3.46. The van der Waals surface area contributed by atoms with E-state index in [1.165, 1.54) is 10.4 Å². The summed E-state index contributed by atoms with van der Waals surface area (Å²) >= 11 is 5.92. The molecule has 0 N–H and O–H groups in total. The van der Waals surface area contributed by atoms with E-state index in [1.54, 1.807) is 0 Å². The Labute approximate surface area is 401 Å². The maximum Gasteiger partial charge on any atom is 0.281 e. The summed E-state index contributed by atoms with van der Waals surface area (Å²) < 4.78 is 87.2. The fraction of sp³-hybridized carbons (Fsp3) is 0.608. The number of hydrogen-bond donors (Lipinski definition) is 0. The molecule has 3 aromatic carbocycles. The SMILES string of the molecule is CC1(C)OC[C@H](C[C@@H](OS(=O)(=O)CCl)[C@H]2C=CC[C@@H]3O[C@@H]4C[C@H](O[Si](C)(C)C(C)(C)C)[C@@H](CCO[Si](c5ccccc5)(c5ccccc5)C(C)(C)C)O[C@H]4[C@H](OCc4ccccc4)[C@H]3O2)O1. The second-order valence-electron chi connectivity index (χ2n) is 21.3. The summed E-state index contributed by atoms with van der Waals surface area (Å²) in [5, 5.41) is 1.48. The number of benzene rings is 3. The Balaban J connectivity index is 1.22. The van der Waals surface area contributed by atoms with Crippen LogP contribution in [0.2, 0.25) is 23.2 Å². The summed E-state index contributed by atoms with van der Waals surface area (Å²) in [5.41, 5.74) is 1.00. The topological polar surface area (TPSA) is 117 Å². The Morgan fingerprint density at radius 2 is 1.42 bits per heavy atom. The van der Waals surface area contributed by atoms with Crippen molar-refractivity contribution in [2.45, 2.75) is 178 Å². The number of alkyl halides is 1. The van der Waals surface area contributed by atoms with Gasteiger partial charge >= 0.3 is 0 Å². The highest BCUT2D eigenvalue weighted by Gasteiger charge is 2.56. The Bertz CT molecular complexity index is 2110. The van der Waals surface area contributed by atoms with Crippen LogP contribution in [-0.4, -0.2) is 110 Å². The van der Waals surface area contributed by atoms with E-state index >= 15 is 0 Å². The number of hydrogen-bond acceptors (Lipinski definition) is 11. The normalized spacial score (nSPS) is 28.9. The van der Waals surface area contributed by atoms with E-state index in [4.69, 9.17) is 53.1 Å². The van der Waals surface area contributed by atoms with E-state index in [0.717, 1.165) is 5.56 Å². The highest BCUT2D eigenvalue weighted by Crippen LogP contribution is 2.44. The fourth-order valence-electron chi connectivity index (χ4n) is 9.71. The molecule has 0 radical (unpaired) electrons. The Morgan fingerprint density at radius 3 is 1.98 bits per heavy atom. The van der Waals surface area contributed by atoms with Gasteiger partial charge in [0, 0.05) is 19.4 Å². The smallest absolute Gasteiger partial charge is 0.281 e. The first-order chi connectivity index (χ1) is 31.1. The lowest BCUT2D eigenvalue weighted by atomic mass is 9.86. The van der Waals surface area contributed by atoms with Gasteiger partial charge in [-0.25, -0.2) is 0 Å². The van der Waals surface area contributed by atoms with Crippen molar-refractivity contribution in [3.05, 3.63) is 109 Å². The molecule has 364 valence electrons. The average molecular weight is 986 g/mol. The first-order valence-electron chi connectivity index (χ1n) is 23.6. The van der Waals surface area contributed by atoms with Crippen molar-refractivity contribution >= 4 is 48.7 Å². The molecule has 11 nitrogen and oxygen atoms in total. The second-order valence-corrected chi connectivity index (χ2v) is 32.5. The molecule has 0 unspecified atom stereocenters. The summed E-state index contributed by atoms with van der Waals surface area (Å²) in [4.78, 5) is 0. The van der Waals surface area contributed by atoms with Crippen LogP contribution in [0.5, 0.6) is 0 Å². The zero-order valence-electron chi connectivity index (χ0n) is 40.5. The lowest BCUT2D eigenvalue weighted by Gasteiger charge is -2.53. The van der Waals surface area contributed by atoms with Gasteiger partial charge in [0.25, 0.3) is 18.4 Å². The van der Waals surface area contributed by atoms with Gasteiger partial charge in [-0.3, -0.25) is 4.18 Å². The monoisotopic (exact) mass is 984 g/mol. The van der Waals surface area contributed by atoms with Crippen LogP contribution in [0.15, 0.2) is 103 Å². The molecule has 4 aliphatic heterocycles. The Hall–Kier alpha value is -2.29. The van der Waals surface area contributed by atoms with Crippen molar-refractivity contribution in [1.82, 2.24) is 0 Å². The minimum Gasteiger partial charge on any atom is -0.411 e. The third kappa shape index (κ3) is 12.0. The molecule has 3 fully saturated rings. The Morgan fingerprint density at radius 1 is 0.818 bits per heavy atom. The molecule has 4 heterocycles. The maximum atomic E-state index is 13.0. The maximum absolute atomic E-state index is 13.0. The third-order valence-corrected chi connectivity index (χ3v) is 25.1. The Kier molecular flexibility index (Phi) is 16.4.